The van der Waals surface area contributed by atoms with Crippen molar-refractivity contribution in [3.63, 3.8) is 0 Å². The van der Waals surface area contributed by atoms with Crippen LogP contribution in [0.1, 0.15) is 33.6 Å². The third-order valence-corrected chi connectivity index (χ3v) is 5.19. The number of phenols is 1. The van der Waals surface area contributed by atoms with E-state index in [4.69, 9.17) is 4.74 Å². The molecule has 8 heteroatoms. The first-order chi connectivity index (χ1) is 14.6. The van der Waals surface area contributed by atoms with Gasteiger partial charge >= 0.3 is 6.09 Å². The number of aliphatic hydroxyl groups excluding tert-OH is 1. The second-order valence-corrected chi connectivity index (χ2v) is 8.84. The first kappa shape index (κ1) is 21.1. The number of fused-ring (bicyclic) bond motifs is 1. The summed E-state index contributed by atoms with van der Waals surface area (Å²) in [6, 6.07) is 9.45. The second kappa shape index (κ2) is 7.85. The quantitative estimate of drug-likeness (QED) is 0.593. The molecule has 0 spiro atoms. The van der Waals surface area contributed by atoms with Crippen molar-refractivity contribution < 1.29 is 24.1 Å². The highest BCUT2D eigenvalue weighted by molar-refractivity contribution is 5.96. The van der Waals surface area contributed by atoms with E-state index in [1.54, 1.807) is 45.0 Å². The van der Waals surface area contributed by atoms with Crippen LogP contribution in [-0.2, 0) is 4.74 Å². The lowest BCUT2D eigenvalue weighted by atomic mass is 10.1. The lowest BCUT2D eigenvalue weighted by Crippen LogP contribution is -2.38. The summed E-state index contributed by atoms with van der Waals surface area (Å²) in [6.07, 6.45) is 0.425. The zero-order chi connectivity index (χ0) is 22.3. The molecule has 0 aliphatic carbocycles. The fraction of sp³-hybridized carbons (Fsp3) is 0.391. The Morgan fingerprint density at radius 1 is 1.23 bits per heavy atom. The molecule has 4 rings (SSSR count). The Kier molecular flexibility index (Phi) is 5.35. The Bertz CT molecular complexity index is 1140. The Labute approximate surface area is 179 Å². The van der Waals surface area contributed by atoms with E-state index in [-0.39, 0.29) is 17.0 Å². The molecule has 7 nitrogen and oxygen atoms in total. The molecule has 164 valence electrons. The minimum absolute atomic E-state index is 0.0398. The standard InChI is InChI=1S/C23H26FN3O4/c1-23(2,3)31-22(30)27-18-8-6-15(28)11-14(18)12-19(27)17-7-9-20(25-21(17)24)26-10-4-5-16(29)13-26/h6-9,11-12,16,28-29H,4-5,10,13H2,1-3H3/t16-/m0/s1. The van der Waals surface area contributed by atoms with Crippen LogP contribution >= 0.6 is 0 Å². The topological polar surface area (TPSA) is 87.8 Å². The summed E-state index contributed by atoms with van der Waals surface area (Å²) < 4.78 is 22.0. The number of anilines is 1. The van der Waals surface area contributed by atoms with Gasteiger partial charge in [0.1, 0.15) is 17.2 Å². The SMILES string of the molecule is CC(C)(C)OC(=O)n1c(-c2ccc(N3CCC[C@H](O)C3)nc2F)cc2cc(O)ccc21. The van der Waals surface area contributed by atoms with Gasteiger partial charge in [-0.3, -0.25) is 0 Å². The molecule has 1 aliphatic rings. The van der Waals surface area contributed by atoms with Gasteiger partial charge in [-0.25, -0.2) is 14.3 Å². The number of phenolic OH excluding ortho intramolecular Hbond substituents is 1. The van der Waals surface area contributed by atoms with Gasteiger partial charge in [0.25, 0.3) is 0 Å². The molecule has 1 aliphatic heterocycles. The highest BCUT2D eigenvalue weighted by Gasteiger charge is 2.26. The molecule has 0 amide bonds. The highest BCUT2D eigenvalue weighted by Crippen LogP contribution is 2.33. The van der Waals surface area contributed by atoms with Gasteiger partial charge in [-0.2, -0.15) is 4.39 Å². The fourth-order valence-corrected chi connectivity index (χ4v) is 3.86. The van der Waals surface area contributed by atoms with Gasteiger partial charge in [0.15, 0.2) is 0 Å². The number of hydrogen-bond donors (Lipinski definition) is 2. The van der Waals surface area contributed by atoms with Crippen LogP contribution in [0.15, 0.2) is 36.4 Å². The van der Waals surface area contributed by atoms with Crippen molar-refractivity contribution in [2.45, 2.75) is 45.3 Å². The van der Waals surface area contributed by atoms with E-state index >= 15 is 4.39 Å². The van der Waals surface area contributed by atoms with E-state index in [1.165, 1.54) is 16.7 Å². The number of benzene rings is 1. The lowest BCUT2D eigenvalue weighted by molar-refractivity contribution is 0.0547. The number of hydrogen-bond acceptors (Lipinski definition) is 6. The molecule has 0 unspecified atom stereocenters. The molecule has 3 aromatic rings. The predicted molar refractivity (Wildman–Crippen MR) is 116 cm³/mol. The minimum atomic E-state index is -0.738. The van der Waals surface area contributed by atoms with Gasteiger partial charge in [-0.05, 0) is 70.0 Å². The number of carbonyl (C=O) groups excluding carboxylic acids is 1. The second-order valence-electron chi connectivity index (χ2n) is 8.84. The van der Waals surface area contributed by atoms with Crippen molar-refractivity contribution in [3.05, 3.63) is 42.3 Å². The molecule has 2 N–H and O–H groups in total. The van der Waals surface area contributed by atoms with Gasteiger partial charge in [-0.1, -0.05) is 0 Å². The van der Waals surface area contributed by atoms with Gasteiger partial charge < -0.3 is 19.8 Å². The third kappa shape index (κ3) is 4.34. The number of ether oxygens (including phenoxy) is 1. The number of aliphatic hydroxyl groups is 1. The van der Waals surface area contributed by atoms with Crippen LogP contribution < -0.4 is 4.90 Å². The first-order valence-electron chi connectivity index (χ1n) is 10.3. The maximum Gasteiger partial charge on any atom is 0.419 e. The van der Waals surface area contributed by atoms with E-state index in [0.29, 0.717) is 29.8 Å². The normalized spacial score (nSPS) is 17.2. The van der Waals surface area contributed by atoms with Crippen molar-refractivity contribution >= 4 is 22.8 Å². The maximum atomic E-state index is 15.2. The number of piperidine rings is 1. The molecule has 2 aromatic heterocycles. The molecule has 1 atom stereocenters. The number of carbonyl (C=O) groups is 1. The molecule has 0 saturated carbocycles. The number of pyridine rings is 1. The lowest BCUT2D eigenvalue weighted by Gasteiger charge is -2.31. The van der Waals surface area contributed by atoms with Crippen molar-refractivity contribution in [1.82, 2.24) is 9.55 Å². The summed E-state index contributed by atoms with van der Waals surface area (Å²) in [6.45, 7) is 6.37. The summed E-state index contributed by atoms with van der Waals surface area (Å²) in [4.78, 5) is 18.9. The molecule has 1 fully saturated rings. The van der Waals surface area contributed by atoms with E-state index in [0.717, 1.165) is 12.8 Å². The average molecular weight is 427 g/mol. The van der Waals surface area contributed by atoms with Crippen LogP contribution in [0.5, 0.6) is 5.75 Å². The van der Waals surface area contributed by atoms with E-state index in [2.05, 4.69) is 4.98 Å². The first-order valence-corrected chi connectivity index (χ1v) is 10.3. The molecule has 1 aromatic carbocycles. The fourth-order valence-electron chi connectivity index (χ4n) is 3.86. The summed E-state index contributed by atoms with van der Waals surface area (Å²) in [5.41, 5.74) is 0.176. The van der Waals surface area contributed by atoms with Crippen LogP contribution in [0.25, 0.3) is 22.2 Å². The van der Waals surface area contributed by atoms with Gasteiger partial charge in [-0.15, -0.1) is 0 Å². The van der Waals surface area contributed by atoms with Gasteiger partial charge in [0, 0.05) is 18.5 Å². The van der Waals surface area contributed by atoms with Gasteiger partial charge in [0.2, 0.25) is 5.95 Å². The summed E-state index contributed by atoms with van der Waals surface area (Å²) in [7, 11) is 0. The molecular weight excluding hydrogens is 401 g/mol. The Balaban J connectivity index is 1.80. The zero-order valence-corrected chi connectivity index (χ0v) is 17.8. The van der Waals surface area contributed by atoms with E-state index in [9.17, 15) is 15.0 Å². The smallest absolute Gasteiger partial charge is 0.419 e. The van der Waals surface area contributed by atoms with Crippen LogP contribution in [0.4, 0.5) is 15.0 Å². The molecular formula is C23H26FN3O4. The number of β-amino-alcohol motifs (C(OH)–C–C–N with tert-alkyl or cyclic N) is 1. The van der Waals surface area contributed by atoms with Crippen LogP contribution in [0, 0.1) is 5.95 Å². The highest BCUT2D eigenvalue weighted by atomic mass is 19.1. The Morgan fingerprint density at radius 2 is 2.00 bits per heavy atom. The zero-order valence-electron chi connectivity index (χ0n) is 17.8. The van der Waals surface area contributed by atoms with Crippen LogP contribution in [0.3, 0.4) is 0 Å². The molecule has 0 radical (unpaired) electrons. The number of aromatic hydroxyl groups is 1. The van der Waals surface area contributed by atoms with Crippen molar-refractivity contribution in [1.29, 1.82) is 0 Å². The van der Waals surface area contributed by atoms with Crippen LogP contribution in [-0.4, -0.2) is 50.7 Å². The number of rotatable bonds is 2. The molecule has 1 saturated heterocycles. The number of aromatic nitrogens is 2. The molecule has 31 heavy (non-hydrogen) atoms. The molecule has 0 bridgehead atoms. The van der Waals surface area contributed by atoms with Crippen molar-refractivity contribution in [3.8, 4) is 17.0 Å². The van der Waals surface area contributed by atoms with Crippen molar-refractivity contribution in [2.24, 2.45) is 0 Å². The minimum Gasteiger partial charge on any atom is -0.508 e. The van der Waals surface area contributed by atoms with Crippen molar-refractivity contribution in [2.75, 3.05) is 18.0 Å². The molecule has 3 heterocycles. The Hall–Kier alpha value is -3.13. The largest absolute Gasteiger partial charge is 0.508 e. The third-order valence-electron chi connectivity index (χ3n) is 5.19. The Morgan fingerprint density at radius 3 is 2.68 bits per heavy atom. The summed E-state index contributed by atoms with van der Waals surface area (Å²) in [5, 5.41) is 20.3. The average Bonchev–Trinajstić information content (AvgIpc) is 3.04. The van der Waals surface area contributed by atoms with E-state index in [1.807, 2.05) is 4.90 Å². The van der Waals surface area contributed by atoms with Gasteiger partial charge in [0.05, 0.1) is 22.9 Å². The maximum absolute atomic E-state index is 15.2. The van der Waals surface area contributed by atoms with Crippen LogP contribution in [0.2, 0.25) is 0 Å². The summed E-state index contributed by atoms with van der Waals surface area (Å²) in [5.74, 6) is -0.245. The van der Waals surface area contributed by atoms with E-state index < -0.39 is 23.7 Å². The number of halogens is 1. The summed E-state index contributed by atoms with van der Waals surface area (Å²) >= 11 is 0. The predicted octanol–water partition coefficient (Wildman–Crippen LogP) is 4.29. The number of nitrogens with zero attached hydrogens (tertiary/aromatic N) is 3. The monoisotopic (exact) mass is 427 g/mol.